The molecule has 0 aromatic rings. The number of carboxylic acids is 1. The molecular weight excluding hydrogens is 232 g/mol. The third-order valence-corrected chi connectivity index (χ3v) is 3.35. The fourth-order valence-electron chi connectivity index (χ4n) is 2.41. The summed E-state index contributed by atoms with van der Waals surface area (Å²) in [6.45, 7) is 1.80. The van der Waals surface area contributed by atoms with Gasteiger partial charge in [-0.25, -0.2) is 0 Å². The lowest BCUT2D eigenvalue weighted by molar-refractivity contribution is -0.140. The number of nitrogens with zero attached hydrogens (tertiary/aromatic N) is 1. The molecule has 1 rings (SSSR count). The Morgan fingerprint density at radius 1 is 1.50 bits per heavy atom. The van der Waals surface area contributed by atoms with E-state index in [9.17, 15) is 9.59 Å². The van der Waals surface area contributed by atoms with Crippen LogP contribution in [-0.4, -0.2) is 47.1 Å². The number of carboxylic acid groups (broad SMARTS) is 1. The molecular formula is C13H20N2O3. The van der Waals surface area contributed by atoms with Crippen molar-refractivity contribution in [1.82, 2.24) is 10.2 Å². The Morgan fingerprint density at radius 2 is 2.11 bits per heavy atom. The predicted octanol–water partition coefficient (Wildman–Crippen LogP) is 0.454. The van der Waals surface area contributed by atoms with Gasteiger partial charge in [0.25, 0.3) is 0 Å². The highest BCUT2D eigenvalue weighted by Gasteiger charge is 2.31. The molecule has 0 aliphatic heterocycles. The normalized spacial score (nSPS) is 17.4. The molecule has 0 spiro atoms. The maximum absolute atomic E-state index is 11.8. The van der Waals surface area contributed by atoms with Gasteiger partial charge in [-0.1, -0.05) is 18.8 Å². The number of carbonyl (C=O) groups is 2. The van der Waals surface area contributed by atoms with Crippen LogP contribution in [0.15, 0.2) is 0 Å². The summed E-state index contributed by atoms with van der Waals surface area (Å²) in [7, 11) is 0. The Labute approximate surface area is 108 Å². The molecule has 1 fully saturated rings. The summed E-state index contributed by atoms with van der Waals surface area (Å²) in [6, 6.07) is -0.273. The molecule has 5 nitrogen and oxygen atoms in total. The number of terminal acetylenes is 1. The Morgan fingerprint density at radius 3 is 2.61 bits per heavy atom. The topological polar surface area (TPSA) is 69.6 Å². The molecule has 0 heterocycles. The van der Waals surface area contributed by atoms with Crippen LogP contribution in [0.1, 0.15) is 32.6 Å². The molecule has 0 aromatic heterocycles. The maximum atomic E-state index is 11.8. The Kier molecular flexibility index (Phi) is 5.66. The van der Waals surface area contributed by atoms with Gasteiger partial charge in [-0.05, 0) is 19.8 Å². The molecule has 1 unspecified atom stereocenters. The minimum atomic E-state index is -0.904. The number of rotatable bonds is 6. The van der Waals surface area contributed by atoms with Gasteiger partial charge in [-0.2, -0.15) is 0 Å². The van der Waals surface area contributed by atoms with Gasteiger partial charge in [0.2, 0.25) is 5.91 Å². The fourth-order valence-corrected chi connectivity index (χ4v) is 2.41. The molecule has 1 atom stereocenters. The SMILES string of the molecule is C#CCNC(=O)C(C)N(CC(=O)O)C1CCCC1. The van der Waals surface area contributed by atoms with E-state index in [4.69, 9.17) is 11.5 Å². The molecule has 0 aromatic carbocycles. The second kappa shape index (κ2) is 7.02. The monoisotopic (exact) mass is 252 g/mol. The third-order valence-electron chi connectivity index (χ3n) is 3.35. The van der Waals surface area contributed by atoms with Crippen LogP contribution in [0.5, 0.6) is 0 Å². The lowest BCUT2D eigenvalue weighted by Gasteiger charge is -2.32. The van der Waals surface area contributed by atoms with Crippen LogP contribution in [-0.2, 0) is 9.59 Å². The molecule has 0 radical (unpaired) electrons. The number of aliphatic carboxylic acids is 1. The second-order valence-electron chi connectivity index (χ2n) is 4.60. The zero-order valence-electron chi connectivity index (χ0n) is 10.7. The van der Waals surface area contributed by atoms with Crippen LogP contribution in [0.4, 0.5) is 0 Å². The Hall–Kier alpha value is -1.54. The van der Waals surface area contributed by atoms with Gasteiger partial charge >= 0.3 is 5.97 Å². The van der Waals surface area contributed by atoms with Crippen LogP contribution < -0.4 is 5.32 Å². The van der Waals surface area contributed by atoms with Gasteiger partial charge in [0.1, 0.15) is 0 Å². The van der Waals surface area contributed by atoms with Crippen LogP contribution in [0.3, 0.4) is 0 Å². The van der Waals surface area contributed by atoms with Gasteiger partial charge < -0.3 is 10.4 Å². The van der Waals surface area contributed by atoms with Gasteiger partial charge in [0, 0.05) is 6.04 Å². The molecule has 1 aliphatic carbocycles. The van der Waals surface area contributed by atoms with Crippen molar-refractivity contribution < 1.29 is 14.7 Å². The number of nitrogens with one attached hydrogen (secondary N) is 1. The van der Waals surface area contributed by atoms with E-state index < -0.39 is 12.0 Å². The number of hydrogen-bond donors (Lipinski definition) is 2. The average molecular weight is 252 g/mol. The fraction of sp³-hybridized carbons (Fsp3) is 0.692. The smallest absolute Gasteiger partial charge is 0.317 e. The van der Waals surface area contributed by atoms with Crippen molar-refractivity contribution in [2.24, 2.45) is 0 Å². The molecule has 0 bridgehead atoms. The van der Waals surface area contributed by atoms with E-state index in [0.29, 0.717) is 0 Å². The van der Waals surface area contributed by atoms with E-state index in [2.05, 4.69) is 11.2 Å². The van der Waals surface area contributed by atoms with Crippen molar-refractivity contribution >= 4 is 11.9 Å². The third kappa shape index (κ3) is 4.04. The summed E-state index contributed by atoms with van der Waals surface area (Å²) >= 11 is 0. The lowest BCUT2D eigenvalue weighted by atomic mass is 10.1. The van der Waals surface area contributed by atoms with Crippen molar-refractivity contribution in [1.29, 1.82) is 0 Å². The largest absolute Gasteiger partial charge is 0.480 e. The first-order valence-corrected chi connectivity index (χ1v) is 6.25. The van der Waals surface area contributed by atoms with Crippen LogP contribution in [0, 0.1) is 12.3 Å². The quantitative estimate of drug-likeness (QED) is 0.674. The first-order chi connectivity index (χ1) is 8.56. The van der Waals surface area contributed by atoms with Gasteiger partial charge in [-0.3, -0.25) is 14.5 Å². The molecule has 18 heavy (non-hydrogen) atoms. The minimum Gasteiger partial charge on any atom is -0.480 e. The first-order valence-electron chi connectivity index (χ1n) is 6.25. The first kappa shape index (κ1) is 14.5. The Bertz CT molecular complexity index is 343. The minimum absolute atomic E-state index is 0.102. The summed E-state index contributed by atoms with van der Waals surface area (Å²) in [5, 5.41) is 11.5. The summed E-state index contributed by atoms with van der Waals surface area (Å²) < 4.78 is 0. The van der Waals surface area contributed by atoms with E-state index in [1.54, 1.807) is 11.8 Å². The molecule has 1 saturated carbocycles. The predicted molar refractivity (Wildman–Crippen MR) is 67.9 cm³/mol. The highest BCUT2D eigenvalue weighted by molar-refractivity contribution is 5.82. The average Bonchev–Trinajstić information content (AvgIpc) is 2.85. The van der Waals surface area contributed by atoms with Gasteiger partial charge in [-0.15, -0.1) is 6.42 Å². The van der Waals surface area contributed by atoms with E-state index in [1.165, 1.54) is 0 Å². The number of hydrogen-bond acceptors (Lipinski definition) is 3. The zero-order valence-corrected chi connectivity index (χ0v) is 10.7. The highest BCUT2D eigenvalue weighted by atomic mass is 16.4. The highest BCUT2D eigenvalue weighted by Crippen LogP contribution is 2.24. The summed E-state index contributed by atoms with van der Waals surface area (Å²) in [4.78, 5) is 24.5. The summed E-state index contributed by atoms with van der Waals surface area (Å²) in [5.74, 6) is 1.22. The Balaban J connectivity index is 2.65. The molecule has 1 amide bonds. The van der Waals surface area contributed by atoms with Crippen LogP contribution >= 0.6 is 0 Å². The van der Waals surface area contributed by atoms with E-state index >= 15 is 0 Å². The second-order valence-corrected chi connectivity index (χ2v) is 4.60. The van der Waals surface area contributed by atoms with Crippen molar-refractivity contribution in [2.75, 3.05) is 13.1 Å². The molecule has 5 heteroatoms. The molecule has 2 N–H and O–H groups in total. The van der Waals surface area contributed by atoms with Crippen molar-refractivity contribution in [3.8, 4) is 12.3 Å². The van der Waals surface area contributed by atoms with Crippen LogP contribution in [0.25, 0.3) is 0 Å². The lowest BCUT2D eigenvalue weighted by Crippen LogP contribution is -2.51. The molecule has 1 aliphatic rings. The number of carbonyl (C=O) groups excluding carboxylic acids is 1. The summed E-state index contributed by atoms with van der Waals surface area (Å²) in [6.07, 6.45) is 9.19. The van der Waals surface area contributed by atoms with E-state index in [-0.39, 0.29) is 25.0 Å². The standard InChI is InChI=1S/C13H20N2O3/c1-3-8-14-13(18)10(2)15(9-12(16)17)11-6-4-5-7-11/h1,10-11H,4-9H2,2H3,(H,14,18)(H,16,17). The van der Waals surface area contributed by atoms with Gasteiger partial charge in [0.15, 0.2) is 0 Å². The van der Waals surface area contributed by atoms with Crippen molar-refractivity contribution in [3.63, 3.8) is 0 Å². The number of amides is 1. The summed E-state index contributed by atoms with van der Waals surface area (Å²) in [5.41, 5.74) is 0. The van der Waals surface area contributed by atoms with Crippen molar-refractivity contribution in [3.05, 3.63) is 0 Å². The molecule has 0 saturated heterocycles. The van der Waals surface area contributed by atoms with Gasteiger partial charge in [0.05, 0.1) is 19.1 Å². The van der Waals surface area contributed by atoms with Crippen LogP contribution in [0.2, 0.25) is 0 Å². The molecule has 100 valence electrons. The zero-order chi connectivity index (χ0) is 13.5. The van der Waals surface area contributed by atoms with E-state index in [0.717, 1.165) is 25.7 Å². The maximum Gasteiger partial charge on any atom is 0.317 e. The van der Waals surface area contributed by atoms with E-state index in [1.807, 2.05) is 0 Å². The van der Waals surface area contributed by atoms with Crippen molar-refractivity contribution in [2.45, 2.75) is 44.7 Å².